The van der Waals surface area contributed by atoms with E-state index in [0.29, 0.717) is 0 Å². The van der Waals surface area contributed by atoms with Crippen molar-refractivity contribution < 1.29 is 0 Å². The van der Waals surface area contributed by atoms with Gasteiger partial charge in [0.25, 0.3) is 0 Å². The lowest BCUT2D eigenvalue weighted by atomic mass is 10.2. The Hall–Kier alpha value is -2.31. The largest absolute Gasteiger partial charge is 0.235 e. The SMILES string of the molecule is C(=C/c1nn2c(-c3cccs3)nnc2s1)/c1ccccc1. The molecule has 0 atom stereocenters. The summed E-state index contributed by atoms with van der Waals surface area (Å²) in [5.41, 5.74) is 1.15. The molecular weight excluding hydrogens is 300 g/mol. The number of benzene rings is 1. The molecule has 0 bridgehead atoms. The van der Waals surface area contributed by atoms with E-state index in [1.54, 1.807) is 15.9 Å². The third-order valence-corrected chi connectivity index (χ3v) is 4.70. The number of hydrogen-bond donors (Lipinski definition) is 0. The summed E-state index contributed by atoms with van der Waals surface area (Å²) in [5, 5.41) is 15.9. The number of hydrogen-bond acceptors (Lipinski definition) is 5. The molecule has 0 N–H and O–H groups in total. The molecule has 102 valence electrons. The van der Waals surface area contributed by atoms with Crippen LogP contribution in [-0.2, 0) is 0 Å². The first kappa shape index (κ1) is 12.4. The van der Waals surface area contributed by atoms with Crippen LogP contribution in [0.25, 0.3) is 27.8 Å². The number of nitrogens with zero attached hydrogens (tertiary/aromatic N) is 4. The van der Waals surface area contributed by atoms with Gasteiger partial charge in [-0.25, -0.2) is 0 Å². The van der Waals surface area contributed by atoms with Crippen molar-refractivity contribution in [3.05, 3.63) is 58.4 Å². The van der Waals surface area contributed by atoms with E-state index in [4.69, 9.17) is 0 Å². The smallest absolute Gasteiger partial charge is 0.181 e. The highest BCUT2D eigenvalue weighted by atomic mass is 32.1. The van der Waals surface area contributed by atoms with E-state index in [2.05, 4.69) is 33.5 Å². The van der Waals surface area contributed by atoms with Crippen molar-refractivity contribution in [3.63, 3.8) is 0 Å². The van der Waals surface area contributed by atoms with Crippen LogP contribution in [0.15, 0.2) is 47.8 Å². The maximum atomic E-state index is 4.57. The van der Waals surface area contributed by atoms with Crippen LogP contribution in [0.2, 0.25) is 0 Å². The topological polar surface area (TPSA) is 43.1 Å². The number of thiophene rings is 1. The van der Waals surface area contributed by atoms with E-state index in [1.807, 2.05) is 41.8 Å². The lowest BCUT2D eigenvalue weighted by molar-refractivity contribution is 0.963. The maximum Gasteiger partial charge on any atom is 0.235 e. The monoisotopic (exact) mass is 310 g/mol. The summed E-state index contributed by atoms with van der Waals surface area (Å²) >= 11 is 3.17. The van der Waals surface area contributed by atoms with Crippen LogP contribution in [0.4, 0.5) is 0 Å². The van der Waals surface area contributed by atoms with Gasteiger partial charge in [0.2, 0.25) is 4.96 Å². The highest BCUT2D eigenvalue weighted by Crippen LogP contribution is 2.25. The first-order valence-electron chi connectivity index (χ1n) is 6.39. The zero-order chi connectivity index (χ0) is 14.1. The molecule has 0 aliphatic rings. The molecule has 0 saturated heterocycles. The molecule has 0 aliphatic heterocycles. The number of aromatic nitrogens is 4. The van der Waals surface area contributed by atoms with E-state index in [1.165, 1.54) is 11.3 Å². The molecule has 6 heteroatoms. The first-order chi connectivity index (χ1) is 10.4. The van der Waals surface area contributed by atoms with Gasteiger partial charge in [0.05, 0.1) is 4.88 Å². The molecule has 0 saturated carbocycles. The molecule has 0 unspecified atom stereocenters. The van der Waals surface area contributed by atoms with Gasteiger partial charge in [-0.1, -0.05) is 53.8 Å². The molecule has 3 aromatic heterocycles. The minimum absolute atomic E-state index is 0.801. The molecule has 4 aromatic rings. The normalized spacial score (nSPS) is 11.6. The van der Waals surface area contributed by atoms with E-state index in [-0.39, 0.29) is 0 Å². The third kappa shape index (κ3) is 2.39. The zero-order valence-electron chi connectivity index (χ0n) is 10.9. The summed E-state index contributed by atoms with van der Waals surface area (Å²) in [6.07, 6.45) is 4.06. The summed E-state index contributed by atoms with van der Waals surface area (Å²) in [7, 11) is 0. The minimum Gasteiger partial charge on any atom is -0.181 e. The quantitative estimate of drug-likeness (QED) is 0.572. The van der Waals surface area contributed by atoms with Crippen molar-refractivity contribution in [2.45, 2.75) is 0 Å². The standard InChI is InChI=1S/C15H10N4S2/c1-2-5-11(6-3-1)8-9-13-18-19-14(12-7-4-10-20-12)16-17-15(19)21-13/h1-10H/b9-8-. The van der Waals surface area contributed by atoms with Crippen LogP contribution < -0.4 is 0 Å². The molecule has 21 heavy (non-hydrogen) atoms. The van der Waals surface area contributed by atoms with Crippen molar-refractivity contribution in [1.82, 2.24) is 19.8 Å². The molecule has 0 aliphatic carbocycles. The second-order valence-electron chi connectivity index (χ2n) is 4.38. The van der Waals surface area contributed by atoms with Gasteiger partial charge in [-0.2, -0.15) is 9.61 Å². The van der Waals surface area contributed by atoms with Crippen LogP contribution >= 0.6 is 22.7 Å². The molecule has 0 fully saturated rings. The third-order valence-electron chi connectivity index (χ3n) is 2.97. The van der Waals surface area contributed by atoms with Crippen molar-refractivity contribution in [2.24, 2.45) is 0 Å². The van der Waals surface area contributed by atoms with Crippen LogP contribution in [0.5, 0.6) is 0 Å². The Balaban J connectivity index is 1.70. The first-order valence-corrected chi connectivity index (χ1v) is 8.09. The van der Waals surface area contributed by atoms with Crippen molar-refractivity contribution >= 4 is 39.8 Å². The van der Waals surface area contributed by atoms with Gasteiger partial charge in [-0.3, -0.25) is 0 Å². The van der Waals surface area contributed by atoms with E-state index < -0.39 is 0 Å². The van der Waals surface area contributed by atoms with Gasteiger partial charge in [0.1, 0.15) is 5.01 Å². The van der Waals surface area contributed by atoms with Crippen LogP contribution in [0, 0.1) is 0 Å². The number of rotatable bonds is 3. The number of fused-ring (bicyclic) bond motifs is 1. The van der Waals surface area contributed by atoms with Crippen LogP contribution in [0.1, 0.15) is 10.6 Å². The van der Waals surface area contributed by atoms with Crippen LogP contribution in [-0.4, -0.2) is 19.8 Å². The predicted molar refractivity (Wildman–Crippen MR) is 87.3 cm³/mol. The van der Waals surface area contributed by atoms with Crippen molar-refractivity contribution in [1.29, 1.82) is 0 Å². The fourth-order valence-corrected chi connectivity index (χ4v) is 3.42. The van der Waals surface area contributed by atoms with Gasteiger partial charge >= 0.3 is 0 Å². The highest BCUT2D eigenvalue weighted by molar-refractivity contribution is 7.17. The summed E-state index contributed by atoms with van der Waals surface area (Å²) in [6.45, 7) is 0. The summed E-state index contributed by atoms with van der Waals surface area (Å²) in [5.74, 6) is 0.801. The summed E-state index contributed by atoms with van der Waals surface area (Å²) in [6, 6.07) is 14.2. The molecule has 4 nitrogen and oxygen atoms in total. The molecule has 4 rings (SSSR count). The van der Waals surface area contributed by atoms with Crippen molar-refractivity contribution in [2.75, 3.05) is 0 Å². The Bertz CT molecular complexity index is 888. The molecule has 3 heterocycles. The zero-order valence-corrected chi connectivity index (χ0v) is 12.5. The average Bonchev–Trinajstić information content (AvgIpc) is 3.22. The van der Waals surface area contributed by atoms with Crippen LogP contribution in [0.3, 0.4) is 0 Å². The van der Waals surface area contributed by atoms with Gasteiger partial charge < -0.3 is 0 Å². The van der Waals surface area contributed by atoms with Crippen molar-refractivity contribution in [3.8, 4) is 10.7 Å². The van der Waals surface area contributed by atoms with Gasteiger partial charge in [0, 0.05) is 0 Å². The lowest BCUT2D eigenvalue weighted by Gasteiger charge is -1.90. The summed E-state index contributed by atoms with van der Waals surface area (Å²) < 4.78 is 1.81. The predicted octanol–water partition coefficient (Wildman–Crippen LogP) is 4.08. The van der Waals surface area contributed by atoms with Gasteiger partial charge in [0.15, 0.2) is 5.82 Å². The Morgan fingerprint density at radius 2 is 1.86 bits per heavy atom. The average molecular weight is 310 g/mol. The fourth-order valence-electron chi connectivity index (χ4n) is 1.99. The lowest BCUT2D eigenvalue weighted by Crippen LogP contribution is -1.88. The second-order valence-corrected chi connectivity index (χ2v) is 6.31. The molecule has 0 spiro atoms. The molecule has 1 aromatic carbocycles. The van der Waals surface area contributed by atoms with Gasteiger partial charge in [-0.15, -0.1) is 21.5 Å². The summed E-state index contributed by atoms with van der Waals surface area (Å²) in [4.78, 5) is 1.89. The fraction of sp³-hybridized carbons (Fsp3) is 0. The molecule has 0 amide bonds. The van der Waals surface area contributed by atoms with E-state index in [9.17, 15) is 0 Å². The maximum absolute atomic E-state index is 4.57. The minimum atomic E-state index is 0.801. The Morgan fingerprint density at radius 3 is 2.67 bits per heavy atom. The molecule has 0 radical (unpaired) electrons. The Kier molecular flexibility index (Phi) is 3.10. The Morgan fingerprint density at radius 1 is 0.952 bits per heavy atom. The van der Waals surface area contributed by atoms with E-state index >= 15 is 0 Å². The Labute approximate surface area is 129 Å². The van der Waals surface area contributed by atoms with E-state index in [0.717, 1.165) is 26.2 Å². The molecular formula is C15H10N4S2. The van der Waals surface area contributed by atoms with Gasteiger partial charge in [-0.05, 0) is 23.1 Å². The highest BCUT2D eigenvalue weighted by Gasteiger charge is 2.12. The second kappa shape index (κ2) is 5.23.